The first-order valence-corrected chi connectivity index (χ1v) is 20.7. The Morgan fingerprint density at radius 3 is 2.19 bits per heavy atom. The van der Waals surface area contributed by atoms with E-state index in [-0.39, 0.29) is 64.3 Å². The van der Waals surface area contributed by atoms with Crippen LogP contribution in [0.25, 0.3) is 0 Å². The molecule has 9 atom stereocenters. The first-order valence-electron chi connectivity index (χ1n) is 20.7. The lowest BCUT2D eigenvalue weighted by atomic mass is 9.33. The zero-order valence-corrected chi connectivity index (χ0v) is 34.7. The second kappa shape index (κ2) is 13.9. The molecule has 4 saturated carbocycles. The van der Waals surface area contributed by atoms with Crippen molar-refractivity contribution >= 4 is 23.6 Å². The lowest BCUT2D eigenvalue weighted by Gasteiger charge is -2.72. The summed E-state index contributed by atoms with van der Waals surface area (Å²) >= 11 is 0. The Morgan fingerprint density at radius 1 is 0.907 bits per heavy atom. The summed E-state index contributed by atoms with van der Waals surface area (Å²) in [4.78, 5) is 53.8. The number of carboxylic acids is 1. The number of carboxylic acid groups (broad SMARTS) is 1. The largest absolute Gasteiger partial charge is 0.481 e. The standard InChI is InChI=1S/C46H67NO7/c1-28(2)38-32(49)24-46(35(50)27-47(29(3)48)26-30-14-12-11-13-15-30)23-22-44(9)31(39(38)46)16-17-34-43(8)20-19-36(54-37(51)25-41(4,5)40(52)53)42(6,7)33(43)18-21-45(34,44)10/h11-15,28,31,33-36,50H,16-27H2,1-10H3,(H,52,53). The first kappa shape index (κ1) is 40.7. The molecule has 298 valence electrons. The molecule has 0 saturated heterocycles. The van der Waals surface area contributed by atoms with E-state index in [9.17, 15) is 29.4 Å². The normalized spacial score (nSPS) is 36.4. The highest BCUT2D eigenvalue weighted by Crippen LogP contribution is 2.77. The number of fused-ring (bicyclic) bond motifs is 7. The fourth-order valence-electron chi connectivity index (χ4n) is 13.4. The van der Waals surface area contributed by atoms with Crippen LogP contribution in [0.2, 0.25) is 0 Å². The molecule has 6 rings (SSSR count). The van der Waals surface area contributed by atoms with Crippen LogP contribution in [-0.4, -0.2) is 57.5 Å². The van der Waals surface area contributed by atoms with Crippen LogP contribution < -0.4 is 0 Å². The van der Waals surface area contributed by atoms with Crippen LogP contribution in [0.1, 0.15) is 139 Å². The van der Waals surface area contributed by atoms with Crippen molar-refractivity contribution in [2.45, 2.75) is 152 Å². The van der Waals surface area contributed by atoms with Crippen LogP contribution in [-0.2, 0) is 30.5 Å². The molecule has 0 aromatic heterocycles. The summed E-state index contributed by atoms with van der Waals surface area (Å²) in [6.45, 7) is 21.6. The molecule has 0 spiro atoms. The SMILES string of the molecule is CC(=O)N(Cc1ccccc1)CC(O)C12CCC3(C)C(CCC4C5(C)CCC(OC(=O)CC(C)(C)C(=O)O)C(C)(C)C5CCC43C)C1=C(C(C)C)C(=O)C2. The van der Waals surface area contributed by atoms with E-state index in [0.717, 1.165) is 62.5 Å². The van der Waals surface area contributed by atoms with E-state index in [1.165, 1.54) is 5.57 Å². The molecule has 4 fully saturated rings. The van der Waals surface area contributed by atoms with Gasteiger partial charge in [-0.15, -0.1) is 0 Å². The Morgan fingerprint density at radius 2 is 1.57 bits per heavy atom. The number of Topliss-reactive ketones (excluding diaryl/α,β-unsaturated/α-hetero) is 1. The third-order valence-corrected chi connectivity index (χ3v) is 16.6. The van der Waals surface area contributed by atoms with Gasteiger partial charge in [0.2, 0.25) is 5.91 Å². The Hall–Kier alpha value is -3.00. The van der Waals surface area contributed by atoms with Gasteiger partial charge in [-0.25, -0.2) is 0 Å². The van der Waals surface area contributed by atoms with Crippen LogP contribution in [0.5, 0.6) is 0 Å². The van der Waals surface area contributed by atoms with Gasteiger partial charge in [0.25, 0.3) is 0 Å². The third-order valence-electron chi connectivity index (χ3n) is 16.6. The number of nitrogens with zero attached hydrogens (tertiary/aromatic N) is 1. The van der Waals surface area contributed by atoms with Crippen molar-refractivity contribution in [2.24, 2.45) is 56.2 Å². The number of hydrogen-bond donors (Lipinski definition) is 2. The summed E-state index contributed by atoms with van der Waals surface area (Å²) in [5, 5.41) is 22.0. The number of carbonyl (C=O) groups excluding carboxylic acids is 3. The predicted octanol–water partition coefficient (Wildman–Crippen LogP) is 8.79. The van der Waals surface area contributed by atoms with E-state index < -0.39 is 28.9 Å². The lowest BCUT2D eigenvalue weighted by Crippen LogP contribution is -2.66. The lowest BCUT2D eigenvalue weighted by molar-refractivity contribution is -0.235. The maximum absolute atomic E-state index is 14.2. The van der Waals surface area contributed by atoms with Crippen LogP contribution >= 0.6 is 0 Å². The van der Waals surface area contributed by atoms with Crippen molar-refractivity contribution in [3.05, 3.63) is 47.0 Å². The van der Waals surface area contributed by atoms with Gasteiger partial charge in [0.05, 0.1) is 17.9 Å². The second-order valence-electron chi connectivity index (χ2n) is 20.5. The summed E-state index contributed by atoms with van der Waals surface area (Å²) in [5.41, 5.74) is 0.991. The molecule has 2 N–H and O–H groups in total. The molecule has 0 radical (unpaired) electrons. The van der Waals surface area contributed by atoms with Crippen molar-refractivity contribution in [1.82, 2.24) is 4.90 Å². The molecule has 8 heteroatoms. The minimum Gasteiger partial charge on any atom is -0.481 e. The van der Waals surface area contributed by atoms with Gasteiger partial charge in [-0.3, -0.25) is 19.2 Å². The fourth-order valence-corrected chi connectivity index (χ4v) is 13.4. The van der Waals surface area contributed by atoms with Crippen LogP contribution in [0.15, 0.2) is 41.5 Å². The van der Waals surface area contributed by atoms with E-state index in [4.69, 9.17) is 4.74 Å². The Kier molecular flexibility index (Phi) is 10.5. The number of rotatable bonds is 10. The number of esters is 1. The molecule has 1 aromatic carbocycles. The van der Waals surface area contributed by atoms with Gasteiger partial charge in [0, 0.05) is 37.3 Å². The molecule has 0 aliphatic heterocycles. The summed E-state index contributed by atoms with van der Waals surface area (Å²) in [6, 6.07) is 9.90. The van der Waals surface area contributed by atoms with Crippen molar-refractivity contribution in [3.63, 3.8) is 0 Å². The zero-order valence-electron chi connectivity index (χ0n) is 34.7. The summed E-state index contributed by atoms with van der Waals surface area (Å²) in [6.07, 6.45) is 6.50. The molecule has 0 heterocycles. The Balaban J connectivity index is 1.29. The number of ketones is 1. The van der Waals surface area contributed by atoms with Gasteiger partial charge in [0.1, 0.15) is 6.10 Å². The quantitative estimate of drug-likeness (QED) is 0.230. The molecule has 5 aliphatic carbocycles. The highest BCUT2D eigenvalue weighted by atomic mass is 16.5. The molecular weight excluding hydrogens is 679 g/mol. The highest BCUT2D eigenvalue weighted by Gasteiger charge is 2.71. The average Bonchev–Trinajstić information content (AvgIpc) is 3.39. The van der Waals surface area contributed by atoms with Crippen LogP contribution in [0.3, 0.4) is 0 Å². The van der Waals surface area contributed by atoms with Gasteiger partial charge in [-0.2, -0.15) is 0 Å². The molecule has 8 nitrogen and oxygen atoms in total. The van der Waals surface area contributed by atoms with Gasteiger partial charge < -0.3 is 19.8 Å². The molecule has 5 aliphatic rings. The smallest absolute Gasteiger partial charge is 0.309 e. The molecule has 54 heavy (non-hydrogen) atoms. The maximum Gasteiger partial charge on any atom is 0.309 e. The molecular formula is C46H67NO7. The zero-order chi connectivity index (χ0) is 39.8. The fraction of sp³-hybridized carbons (Fsp3) is 0.739. The number of amides is 1. The number of aliphatic hydroxyl groups excluding tert-OH is 1. The Labute approximate surface area is 323 Å². The first-order chi connectivity index (χ1) is 25.0. The number of carbonyl (C=O) groups is 4. The summed E-state index contributed by atoms with van der Waals surface area (Å²) in [5.74, 6) is -0.328. The monoisotopic (exact) mass is 745 g/mol. The van der Waals surface area contributed by atoms with E-state index in [0.29, 0.717) is 24.8 Å². The number of benzene rings is 1. The minimum atomic E-state index is -1.18. The second-order valence-corrected chi connectivity index (χ2v) is 20.5. The number of aliphatic carboxylic acids is 1. The van der Waals surface area contributed by atoms with Gasteiger partial charge in [0.15, 0.2) is 5.78 Å². The number of ether oxygens (including phenoxy) is 1. The van der Waals surface area contributed by atoms with Crippen LogP contribution in [0.4, 0.5) is 0 Å². The molecule has 1 aromatic rings. The summed E-state index contributed by atoms with van der Waals surface area (Å²) in [7, 11) is 0. The molecule has 0 bridgehead atoms. The van der Waals surface area contributed by atoms with Crippen molar-refractivity contribution in [3.8, 4) is 0 Å². The van der Waals surface area contributed by atoms with Crippen molar-refractivity contribution in [2.75, 3.05) is 6.54 Å². The van der Waals surface area contributed by atoms with Crippen molar-refractivity contribution in [1.29, 1.82) is 0 Å². The third kappa shape index (κ3) is 6.29. The van der Waals surface area contributed by atoms with Crippen LogP contribution in [0, 0.1) is 56.2 Å². The van der Waals surface area contributed by atoms with E-state index in [1.807, 2.05) is 30.3 Å². The van der Waals surface area contributed by atoms with Gasteiger partial charge >= 0.3 is 11.9 Å². The van der Waals surface area contributed by atoms with E-state index >= 15 is 0 Å². The molecule has 1 amide bonds. The topological polar surface area (TPSA) is 121 Å². The van der Waals surface area contributed by atoms with Gasteiger partial charge in [-0.1, -0.05) is 84.4 Å². The Bertz CT molecular complexity index is 1690. The minimum absolute atomic E-state index is 0.00282. The molecule has 9 unspecified atom stereocenters. The van der Waals surface area contributed by atoms with Crippen molar-refractivity contribution < 1.29 is 34.1 Å². The average molecular weight is 746 g/mol. The number of hydrogen-bond acceptors (Lipinski definition) is 6. The van der Waals surface area contributed by atoms with E-state index in [2.05, 4.69) is 48.5 Å². The summed E-state index contributed by atoms with van der Waals surface area (Å²) < 4.78 is 6.17. The number of aliphatic hydroxyl groups is 1. The van der Waals surface area contributed by atoms with Gasteiger partial charge in [-0.05, 0) is 116 Å². The number of allylic oxidation sites excluding steroid dienone is 1. The maximum atomic E-state index is 14.2. The predicted molar refractivity (Wildman–Crippen MR) is 209 cm³/mol. The van der Waals surface area contributed by atoms with E-state index in [1.54, 1.807) is 25.7 Å². The highest BCUT2D eigenvalue weighted by molar-refractivity contribution is 6.00.